The van der Waals surface area contributed by atoms with Crippen molar-refractivity contribution in [1.82, 2.24) is 9.88 Å². The topological polar surface area (TPSA) is 28.2 Å². The van der Waals surface area contributed by atoms with Gasteiger partial charge in [-0.3, -0.25) is 4.90 Å². The van der Waals surface area contributed by atoms with Crippen molar-refractivity contribution in [3.8, 4) is 0 Å². The van der Waals surface area contributed by atoms with Gasteiger partial charge in [0.25, 0.3) is 0 Å². The van der Waals surface area contributed by atoms with E-state index < -0.39 is 0 Å². The van der Waals surface area contributed by atoms with Crippen LogP contribution in [-0.4, -0.2) is 29.0 Å². The van der Waals surface area contributed by atoms with E-state index in [-0.39, 0.29) is 0 Å². The summed E-state index contributed by atoms with van der Waals surface area (Å²) in [6, 6.07) is 7.56. The predicted octanol–water partition coefficient (Wildman–Crippen LogP) is 2.89. The van der Waals surface area contributed by atoms with Crippen molar-refractivity contribution in [1.29, 1.82) is 0 Å². The Balaban J connectivity index is 2.07. The molecule has 3 nitrogen and oxygen atoms in total. The summed E-state index contributed by atoms with van der Waals surface area (Å²) in [5.41, 5.74) is 1.16. The van der Waals surface area contributed by atoms with E-state index in [2.05, 4.69) is 41.2 Å². The SMILES string of the molecule is CNc1cccc(CN2C(C)CCCC2C)n1. The van der Waals surface area contributed by atoms with E-state index in [1.54, 1.807) is 0 Å². The zero-order valence-electron chi connectivity index (χ0n) is 11.1. The third-order valence-corrected chi connectivity index (χ3v) is 3.78. The van der Waals surface area contributed by atoms with E-state index in [1.165, 1.54) is 19.3 Å². The lowest BCUT2D eigenvalue weighted by Gasteiger charge is -2.38. The Morgan fingerprint density at radius 1 is 1.29 bits per heavy atom. The molecule has 2 unspecified atom stereocenters. The Labute approximate surface area is 104 Å². The summed E-state index contributed by atoms with van der Waals surface area (Å²) in [5.74, 6) is 0.958. The number of pyridine rings is 1. The van der Waals surface area contributed by atoms with E-state index in [0.717, 1.165) is 18.1 Å². The van der Waals surface area contributed by atoms with E-state index in [4.69, 9.17) is 0 Å². The minimum Gasteiger partial charge on any atom is -0.373 e. The van der Waals surface area contributed by atoms with Gasteiger partial charge in [-0.05, 0) is 38.8 Å². The summed E-state index contributed by atoms with van der Waals surface area (Å²) in [6.45, 7) is 5.63. The molecule has 0 aliphatic carbocycles. The quantitative estimate of drug-likeness (QED) is 0.870. The molecule has 1 N–H and O–H groups in total. The van der Waals surface area contributed by atoms with Crippen molar-refractivity contribution in [2.24, 2.45) is 0 Å². The number of likely N-dealkylation sites (tertiary alicyclic amines) is 1. The average Bonchev–Trinajstić information content (AvgIpc) is 2.34. The van der Waals surface area contributed by atoms with Crippen LogP contribution in [0.5, 0.6) is 0 Å². The number of anilines is 1. The highest BCUT2D eigenvalue weighted by Crippen LogP contribution is 2.24. The largest absolute Gasteiger partial charge is 0.373 e. The molecule has 1 saturated heterocycles. The number of rotatable bonds is 3. The highest BCUT2D eigenvalue weighted by atomic mass is 15.2. The number of piperidine rings is 1. The minimum absolute atomic E-state index is 0.679. The second kappa shape index (κ2) is 5.50. The van der Waals surface area contributed by atoms with Gasteiger partial charge >= 0.3 is 0 Å². The van der Waals surface area contributed by atoms with Crippen molar-refractivity contribution in [3.05, 3.63) is 23.9 Å². The summed E-state index contributed by atoms with van der Waals surface area (Å²) < 4.78 is 0. The standard InChI is InChI=1S/C14H23N3/c1-11-6-4-7-12(2)17(11)10-13-8-5-9-14(15-3)16-13/h5,8-9,11-12H,4,6-7,10H2,1-3H3,(H,15,16). The first-order chi connectivity index (χ1) is 8.20. The summed E-state index contributed by atoms with van der Waals surface area (Å²) in [7, 11) is 1.91. The molecular weight excluding hydrogens is 210 g/mol. The fraction of sp³-hybridized carbons (Fsp3) is 0.643. The maximum Gasteiger partial charge on any atom is 0.126 e. The predicted molar refractivity (Wildman–Crippen MR) is 72.1 cm³/mol. The normalized spacial score (nSPS) is 25.8. The highest BCUT2D eigenvalue weighted by Gasteiger charge is 2.24. The monoisotopic (exact) mass is 233 g/mol. The summed E-state index contributed by atoms with van der Waals surface area (Å²) in [5, 5.41) is 3.10. The molecule has 1 aromatic heterocycles. The molecule has 2 atom stereocenters. The van der Waals surface area contributed by atoms with Gasteiger partial charge in [0.15, 0.2) is 0 Å². The van der Waals surface area contributed by atoms with Gasteiger partial charge in [-0.1, -0.05) is 12.5 Å². The van der Waals surface area contributed by atoms with Crippen LogP contribution in [0.2, 0.25) is 0 Å². The molecule has 0 amide bonds. The fourth-order valence-corrected chi connectivity index (χ4v) is 2.68. The molecule has 1 aliphatic rings. The number of nitrogens with zero attached hydrogens (tertiary/aromatic N) is 2. The summed E-state index contributed by atoms with van der Waals surface area (Å²) in [6.07, 6.45) is 3.99. The second-order valence-corrected chi connectivity index (χ2v) is 5.07. The van der Waals surface area contributed by atoms with Crippen molar-refractivity contribution in [3.63, 3.8) is 0 Å². The molecule has 17 heavy (non-hydrogen) atoms. The van der Waals surface area contributed by atoms with Crippen LogP contribution in [0.15, 0.2) is 18.2 Å². The fourth-order valence-electron chi connectivity index (χ4n) is 2.68. The first kappa shape index (κ1) is 12.4. The molecule has 1 aromatic rings. The summed E-state index contributed by atoms with van der Waals surface area (Å²) in [4.78, 5) is 7.18. The molecule has 0 aromatic carbocycles. The van der Waals surface area contributed by atoms with Crippen LogP contribution in [0.1, 0.15) is 38.8 Å². The summed E-state index contributed by atoms with van der Waals surface area (Å²) >= 11 is 0. The Kier molecular flexibility index (Phi) is 4.00. The number of hydrogen-bond donors (Lipinski definition) is 1. The Morgan fingerprint density at radius 2 is 2.00 bits per heavy atom. The third-order valence-electron chi connectivity index (χ3n) is 3.78. The van der Waals surface area contributed by atoms with Gasteiger partial charge in [-0.15, -0.1) is 0 Å². The van der Waals surface area contributed by atoms with Crippen LogP contribution in [0, 0.1) is 0 Å². The lowest BCUT2D eigenvalue weighted by molar-refractivity contribution is 0.0939. The molecule has 2 heterocycles. The number of aromatic nitrogens is 1. The first-order valence-electron chi connectivity index (χ1n) is 6.60. The highest BCUT2D eigenvalue weighted by molar-refractivity contribution is 5.34. The second-order valence-electron chi connectivity index (χ2n) is 5.07. The smallest absolute Gasteiger partial charge is 0.126 e. The zero-order valence-corrected chi connectivity index (χ0v) is 11.1. The van der Waals surface area contributed by atoms with Gasteiger partial charge in [0.2, 0.25) is 0 Å². The van der Waals surface area contributed by atoms with Gasteiger partial charge in [-0.25, -0.2) is 4.98 Å². The molecule has 3 heteroatoms. The van der Waals surface area contributed by atoms with Crippen LogP contribution >= 0.6 is 0 Å². The van der Waals surface area contributed by atoms with Crippen LogP contribution in [0.3, 0.4) is 0 Å². The molecule has 0 spiro atoms. The maximum absolute atomic E-state index is 4.60. The van der Waals surface area contributed by atoms with Crippen molar-refractivity contribution in [2.45, 2.75) is 51.7 Å². The van der Waals surface area contributed by atoms with Crippen LogP contribution in [0.4, 0.5) is 5.82 Å². The first-order valence-corrected chi connectivity index (χ1v) is 6.60. The molecule has 1 aliphatic heterocycles. The zero-order chi connectivity index (χ0) is 12.3. The van der Waals surface area contributed by atoms with Crippen LogP contribution in [-0.2, 0) is 6.54 Å². The Morgan fingerprint density at radius 3 is 2.65 bits per heavy atom. The lowest BCUT2D eigenvalue weighted by Crippen LogP contribution is -2.43. The van der Waals surface area contributed by atoms with Gasteiger partial charge in [-0.2, -0.15) is 0 Å². The van der Waals surface area contributed by atoms with E-state index in [0.29, 0.717) is 12.1 Å². The van der Waals surface area contributed by atoms with Gasteiger partial charge in [0.1, 0.15) is 5.82 Å². The third kappa shape index (κ3) is 2.97. The van der Waals surface area contributed by atoms with Gasteiger partial charge < -0.3 is 5.32 Å². The molecule has 2 rings (SSSR count). The Hall–Kier alpha value is -1.09. The van der Waals surface area contributed by atoms with Gasteiger partial charge in [0.05, 0.1) is 5.69 Å². The van der Waals surface area contributed by atoms with E-state index in [1.807, 2.05) is 13.1 Å². The average molecular weight is 233 g/mol. The van der Waals surface area contributed by atoms with Gasteiger partial charge in [0, 0.05) is 25.7 Å². The molecule has 94 valence electrons. The van der Waals surface area contributed by atoms with Crippen molar-refractivity contribution in [2.75, 3.05) is 12.4 Å². The maximum atomic E-state index is 4.60. The minimum atomic E-state index is 0.679. The number of nitrogens with one attached hydrogen (secondary N) is 1. The lowest BCUT2D eigenvalue weighted by atomic mass is 9.97. The van der Waals surface area contributed by atoms with Crippen LogP contribution in [0.25, 0.3) is 0 Å². The Bertz CT molecular complexity index is 354. The van der Waals surface area contributed by atoms with Crippen molar-refractivity contribution < 1.29 is 0 Å². The number of hydrogen-bond acceptors (Lipinski definition) is 3. The van der Waals surface area contributed by atoms with Crippen molar-refractivity contribution >= 4 is 5.82 Å². The molecule has 1 fully saturated rings. The van der Waals surface area contributed by atoms with E-state index in [9.17, 15) is 0 Å². The molecule has 0 radical (unpaired) electrons. The molecule has 0 saturated carbocycles. The molecule has 0 bridgehead atoms. The molecular formula is C14H23N3. The van der Waals surface area contributed by atoms with Crippen LogP contribution < -0.4 is 5.32 Å². The van der Waals surface area contributed by atoms with E-state index >= 15 is 0 Å².